The molecular formula is C31H42N2O4. The van der Waals surface area contributed by atoms with E-state index in [0.29, 0.717) is 0 Å². The van der Waals surface area contributed by atoms with Gasteiger partial charge in [0.05, 0.1) is 18.1 Å². The molecule has 5 aliphatic rings. The molecule has 5 rings (SSSR count). The molecule has 8 atom stereocenters. The summed E-state index contributed by atoms with van der Waals surface area (Å²) in [7, 11) is 1.48. The molecule has 5 aliphatic carbocycles. The molecule has 0 radical (unpaired) electrons. The first-order chi connectivity index (χ1) is 17.2. The zero-order valence-corrected chi connectivity index (χ0v) is 23.5. The quantitative estimate of drug-likeness (QED) is 0.499. The molecule has 0 saturated heterocycles. The largest absolute Gasteiger partial charge is 0.295 e. The van der Waals surface area contributed by atoms with Gasteiger partial charge in [0.25, 0.3) is 0 Å². The Balaban J connectivity index is 1.68. The molecule has 0 aromatic carbocycles. The summed E-state index contributed by atoms with van der Waals surface area (Å²) in [6, 6.07) is 2.15. The van der Waals surface area contributed by atoms with E-state index in [9.17, 15) is 19.6 Å². The highest BCUT2D eigenvalue weighted by Gasteiger charge is 2.70. The highest BCUT2D eigenvalue weighted by atomic mass is 16.6. The van der Waals surface area contributed by atoms with Crippen molar-refractivity contribution in [1.29, 1.82) is 5.26 Å². The number of allylic oxidation sites excluding steroid dienone is 4. The maximum absolute atomic E-state index is 14.3. The van der Waals surface area contributed by atoms with Gasteiger partial charge in [0, 0.05) is 17.3 Å². The van der Waals surface area contributed by atoms with Crippen molar-refractivity contribution in [2.45, 2.75) is 86.5 Å². The van der Waals surface area contributed by atoms with E-state index in [2.05, 4.69) is 46.2 Å². The van der Waals surface area contributed by atoms with Crippen LogP contribution in [0.5, 0.6) is 0 Å². The van der Waals surface area contributed by atoms with Crippen LogP contribution in [0.2, 0.25) is 0 Å². The maximum Gasteiger partial charge on any atom is 0.250 e. The van der Waals surface area contributed by atoms with E-state index in [1.165, 1.54) is 7.11 Å². The summed E-state index contributed by atoms with van der Waals surface area (Å²) in [5.41, 5.74) is 2.33. The predicted octanol–water partition coefficient (Wildman–Crippen LogP) is 5.49. The third kappa shape index (κ3) is 3.28. The van der Waals surface area contributed by atoms with Crippen molar-refractivity contribution in [1.82, 2.24) is 5.48 Å². The summed E-state index contributed by atoms with van der Waals surface area (Å²) in [4.78, 5) is 45.9. The molecule has 0 spiro atoms. The number of Topliss-reactive ketones (excluding diaryl/α,β-unsaturated/α-hetero) is 1. The number of hydrogen-bond acceptors (Lipinski definition) is 5. The van der Waals surface area contributed by atoms with Gasteiger partial charge < -0.3 is 0 Å². The minimum atomic E-state index is -0.603. The van der Waals surface area contributed by atoms with Crippen molar-refractivity contribution >= 4 is 17.5 Å². The van der Waals surface area contributed by atoms with Gasteiger partial charge in [-0.1, -0.05) is 53.2 Å². The van der Waals surface area contributed by atoms with Gasteiger partial charge in [-0.05, 0) is 79.1 Å². The minimum Gasteiger partial charge on any atom is -0.295 e. The Labute approximate surface area is 221 Å². The van der Waals surface area contributed by atoms with Crippen molar-refractivity contribution in [3.63, 3.8) is 0 Å². The minimum absolute atomic E-state index is 0.0538. The lowest BCUT2D eigenvalue weighted by molar-refractivity contribution is -0.183. The van der Waals surface area contributed by atoms with Gasteiger partial charge in [-0.3, -0.25) is 19.2 Å². The summed E-state index contributed by atoms with van der Waals surface area (Å²) >= 11 is 0. The van der Waals surface area contributed by atoms with Crippen LogP contribution in [0.4, 0.5) is 0 Å². The van der Waals surface area contributed by atoms with Crippen LogP contribution in [-0.4, -0.2) is 24.6 Å². The monoisotopic (exact) mass is 506 g/mol. The molecule has 3 unspecified atom stereocenters. The SMILES string of the molecule is CONC(=O)[C@]12CCC(C)(C)CC1C1C(=O)C=C3[C@@]4(C)C=C(C#N)C(=O)[C@@H](C)C4CC[C@@]3(C)[C@]1(C)CC2. The third-order valence-corrected chi connectivity index (χ3v) is 12.2. The van der Waals surface area contributed by atoms with Gasteiger partial charge in [0.15, 0.2) is 11.6 Å². The second-order valence-corrected chi connectivity index (χ2v) is 14.2. The molecule has 0 aliphatic heterocycles. The molecule has 0 bridgehead atoms. The van der Waals surface area contributed by atoms with Gasteiger partial charge >= 0.3 is 0 Å². The van der Waals surface area contributed by atoms with Crippen LogP contribution in [0, 0.1) is 62.1 Å². The summed E-state index contributed by atoms with van der Waals surface area (Å²) in [5.74, 6) is -0.516. The Morgan fingerprint density at radius 2 is 1.73 bits per heavy atom. The molecule has 3 fully saturated rings. The standard InChI is InChI=1S/C31H42N2O4/c1-18-20-8-9-29(5)23(28(20,4)15-19(17-32)25(18)35)14-22(34)24-21-16-27(2,3)10-12-31(21,26(36)33-37-7)13-11-30(24,29)6/h14-15,18,20-21,24H,8-13,16H2,1-7H3,(H,33,36)/t18-,20?,21?,24?,28-,29+,30+,31-/m0/s1. The lowest BCUT2D eigenvalue weighted by Crippen LogP contribution is -2.66. The summed E-state index contributed by atoms with van der Waals surface area (Å²) in [6.07, 6.45) is 9.62. The van der Waals surface area contributed by atoms with Crippen LogP contribution in [0.3, 0.4) is 0 Å². The number of nitrogens with zero attached hydrogens (tertiary/aromatic N) is 1. The summed E-state index contributed by atoms with van der Waals surface area (Å²) in [5, 5.41) is 9.76. The van der Waals surface area contributed by atoms with Crippen molar-refractivity contribution in [3.05, 3.63) is 23.3 Å². The summed E-state index contributed by atoms with van der Waals surface area (Å²) < 4.78 is 0. The number of nitrogens with one attached hydrogen (secondary N) is 1. The van der Waals surface area contributed by atoms with E-state index < -0.39 is 10.8 Å². The van der Waals surface area contributed by atoms with E-state index in [1.54, 1.807) is 0 Å². The number of rotatable bonds is 2. The number of fused-ring (bicyclic) bond motifs is 7. The van der Waals surface area contributed by atoms with Gasteiger partial charge in [0.2, 0.25) is 5.91 Å². The van der Waals surface area contributed by atoms with Gasteiger partial charge in [-0.15, -0.1) is 0 Å². The molecule has 1 amide bonds. The number of hydroxylamine groups is 1. The molecule has 200 valence electrons. The normalized spacial score (nSPS) is 46.2. The molecule has 37 heavy (non-hydrogen) atoms. The smallest absolute Gasteiger partial charge is 0.250 e. The van der Waals surface area contributed by atoms with E-state index in [1.807, 2.05) is 19.1 Å². The second kappa shape index (κ2) is 8.12. The first-order valence-electron chi connectivity index (χ1n) is 14.0. The van der Waals surface area contributed by atoms with E-state index >= 15 is 0 Å². The molecule has 3 saturated carbocycles. The first kappa shape index (κ1) is 26.4. The van der Waals surface area contributed by atoms with Crippen LogP contribution in [0.15, 0.2) is 23.3 Å². The Kier molecular flexibility index (Phi) is 5.78. The molecule has 1 N–H and O–H groups in total. The predicted molar refractivity (Wildman–Crippen MR) is 139 cm³/mol. The van der Waals surface area contributed by atoms with Gasteiger partial charge in [0.1, 0.15) is 6.07 Å². The van der Waals surface area contributed by atoms with E-state index in [0.717, 1.165) is 50.5 Å². The summed E-state index contributed by atoms with van der Waals surface area (Å²) in [6.45, 7) is 13.2. The fourth-order valence-electron chi connectivity index (χ4n) is 9.84. The van der Waals surface area contributed by atoms with Crippen LogP contribution < -0.4 is 5.48 Å². The zero-order valence-electron chi connectivity index (χ0n) is 23.5. The average Bonchev–Trinajstić information content (AvgIpc) is 2.82. The van der Waals surface area contributed by atoms with Crippen LogP contribution in [0.1, 0.15) is 86.5 Å². The Hall–Kier alpha value is -2.26. The average molecular weight is 507 g/mol. The van der Waals surface area contributed by atoms with Crippen molar-refractivity contribution in [2.24, 2.45) is 50.7 Å². The fraction of sp³-hybridized carbons (Fsp3) is 0.742. The first-order valence-corrected chi connectivity index (χ1v) is 14.0. The molecule has 6 nitrogen and oxygen atoms in total. The van der Waals surface area contributed by atoms with Crippen LogP contribution in [-0.2, 0) is 19.2 Å². The van der Waals surface area contributed by atoms with E-state index in [4.69, 9.17) is 4.84 Å². The van der Waals surface area contributed by atoms with Crippen molar-refractivity contribution in [2.75, 3.05) is 7.11 Å². The molecule has 6 heteroatoms. The van der Waals surface area contributed by atoms with Crippen LogP contribution >= 0.6 is 0 Å². The number of hydrogen-bond donors (Lipinski definition) is 1. The van der Waals surface area contributed by atoms with Crippen molar-refractivity contribution in [3.8, 4) is 6.07 Å². The third-order valence-electron chi connectivity index (χ3n) is 12.2. The molecule has 0 aromatic rings. The number of nitriles is 1. The van der Waals surface area contributed by atoms with Gasteiger partial charge in [-0.2, -0.15) is 5.26 Å². The molecular weight excluding hydrogens is 464 g/mol. The highest BCUT2D eigenvalue weighted by Crippen LogP contribution is 2.73. The number of amides is 1. The molecule has 0 aromatic heterocycles. The molecule has 0 heterocycles. The maximum atomic E-state index is 14.3. The Bertz CT molecular complexity index is 1180. The lowest BCUT2D eigenvalue weighted by Gasteiger charge is -2.68. The highest BCUT2D eigenvalue weighted by molar-refractivity contribution is 6.02. The fourth-order valence-corrected chi connectivity index (χ4v) is 9.84. The number of carbonyl (C=O) groups is 3. The number of ketones is 2. The van der Waals surface area contributed by atoms with Crippen LogP contribution in [0.25, 0.3) is 0 Å². The lowest BCUT2D eigenvalue weighted by atomic mass is 9.35. The topological polar surface area (TPSA) is 96.3 Å². The number of carbonyl (C=O) groups excluding carboxylic acids is 3. The van der Waals surface area contributed by atoms with Crippen molar-refractivity contribution < 1.29 is 19.2 Å². The van der Waals surface area contributed by atoms with E-state index in [-0.39, 0.29) is 63.0 Å². The zero-order chi connectivity index (χ0) is 27.2. The van der Waals surface area contributed by atoms with Gasteiger partial charge in [-0.25, -0.2) is 5.48 Å². The second-order valence-electron chi connectivity index (χ2n) is 14.2. The Morgan fingerprint density at radius 1 is 1.05 bits per heavy atom. The Morgan fingerprint density at radius 3 is 2.38 bits per heavy atom.